The molecule has 1 aromatic rings. The highest BCUT2D eigenvalue weighted by Gasteiger charge is 2.04. The van der Waals surface area contributed by atoms with Crippen molar-refractivity contribution in [3.63, 3.8) is 0 Å². The van der Waals surface area contributed by atoms with Crippen LogP contribution in [0.15, 0.2) is 22.7 Å². The van der Waals surface area contributed by atoms with Crippen LogP contribution < -0.4 is 5.32 Å². The quantitative estimate of drug-likeness (QED) is 0.884. The van der Waals surface area contributed by atoms with Crippen LogP contribution in [0, 0.1) is 6.92 Å². The summed E-state index contributed by atoms with van der Waals surface area (Å²) >= 11 is 3.38. The summed E-state index contributed by atoms with van der Waals surface area (Å²) in [4.78, 5) is 11.4. The van der Waals surface area contributed by atoms with E-state index in [1.54, 1.807) is 0 Å². The lowest BCUT2D eigenvalue weighted by Gasteiger charge is -2.07. The molecule has 0 atom stereocenters. The molecule has 0 heterocycles. The number of benzene rings is 1. The smallest absolute Gasteiger partial charge is 0.224 e. The Balaban J connectivity index is 2.60. The summed E-state index contributed by atoms with van der Waals surface area (Å²) in [5.41, 5.74) is 1.90. The molecule has 2 N–H and O–H groups in total. The lowest BCUT2D eigenvalue weighted by Crippen LogP contribution is -2.12. The number of aryl methyl sites for hydroxylation is 1. The number of halogens is 1. The topological polar surface area (TPSA) is 49.3 Å². The van der Waals surface area contributed by atoms with Gasteiger partial charge in [-0.25, -0.2) is 0 Å². The Morgan fingerprint density at radius 3 is 2.87 bits per heavy atom. The van der Waals surface area contributed by atoms with E-state index in [-0.39, 0.29) is 12.5 Å². The van der Waals surface area contributed by atoms with Crippen molar-refractivity contribution in [1.82, 2.24) is 0 Å². The number of carbonyl (C=O) groups excluding carboxylic acids is 1. The van der Waals surface area contributed by atoms with E-state index < -0.39 is 0 Å². The first-order valence-corrected chi connectivity index (χ1v) is 5.59. The van der Waals surface area contributed by atoms with Gasteiger partial charge in [0.05, 0.1) is 5.69 Å². The molecule has 0 aliphatic carbocycles. The number of hydrogen-bond acceptors (Lipinski definition) is 2. The van der Waals surface area contributed by atoms with Crippen LogP contribution in [0.25, 0.3) is 0 Å². The minimum absolute atomic E-state index is 0.0441. The van der Waals surface area contributed by atoms with Crippen molar-refractivity contribution in [2.75, 3.05) is 11.9 Å². The molecule has 0 fully saturated rings. The highest BCUT2D eigenvalue weighted by Crippen LogP contribution is 2.23. The lowest BCUT2D eigenvalue weighted by molar-refractivity contribution is -0.116. The highest BCUT2D eigenvalue weighted by molar-refractivity contribution is 9.10. The number of carbonyl (C=O) groups is 1. The first-order chi connectivity index (χ1) is 7.13. The monoisotopic (exact) mass is 271 g/mol. The van der Waals surface area contributed by atoms with Crippen molar-refractivity contribution in [3.05, 3.63) is 28.2 Å². The van der Waals surface area contributed by atoms with Crippen LogP contribution in [-0.4, -0.2) is 17.6 Å². The predicted octanol–water partition coefficient (Wildman–Crippen LogP) is 2.47. The number of hydrogen-bond donors (Lipinski definition) is 2. The van der Waals surface area contributed by atoms with Gasteiger partial charge in [0, 0.05) is 17.5 Å². The SMILES string of the molecule is Cc1ccc(NC(=O)CCCO)c(Br)c1. The molecule has 82 valence electrons. The molecule has 3 nitrogen and oxygen atoms in total. The largest absolute Gasteiger partial charge is 0.396 e. The minimum Gasteiger partial charge on any atom is -0.396 e. The van der Waals surface area contributed by atoms with E-state index in [0.717, 1.165) is 15.7 Å². The summed E-state index contributed by atoms with van der Waals surface area (Å²) in [5, 5.41) is 11.4. The first kappa shape index (κ1) is 12.2. The molecule has 0 aliphatic rings. The molecular formula is C11H14BrNO2. The van der Waals surface area contributed by atoms with Crippen LogP contribution in [0.3, 0.4) is 0 Å². The van der Waals surface area contributed by atoms with E-state index in [0.29, 0.717) is 12.8 Å². The third-order valence-electron chi connectivity index (χ3n) is 1.96. The maximum Gasteiger partial charge on any atom is 0.224 e. The molecule has 4 heteroatoms. The summed E-state index contributed by atoms with van der Waals surface area (Å²) in [5.74, 6) is -0.0754. The number of rotatable bonds is 4. The second-order valence-electron chi connectivity index (χ2n) is 3.36. The fraction of sp³-hybridized carbons (Fsp3) is 0.364. The van der Waals surface area contributed by atoms with Crippen LogP contribution in [0.2, 0.25) is 0 Å². The molecular weight excluding hydrogens is 258 g/mol. The number of amides is 1. The Hall–Kier alpha value is -0.870. The van der Waals surface area contributed by atoms with Crippen LogP contribution in [-0.2, 0) is 4.79 Å². The first-order valence-electron chi connectivity index (χ1n) is 4.80. The van der Waals surface area contributed by atoms with Gasteiger partial charge in [-0.1, -0.05) is 6.07 Å². The lowest BCUT2D eigenvalue weighted by atomic mass is 10.2. The van der Waals surface area contributed by atoms with Gasteiger partial charge in [0.2, 0.25) is 5.91 Å². The second kappa shape index (κ2) is 5.88. The number of aliphatic hydroxyl groups excluding tert-OH is 1. The molecule has 0 saturated heterocycles. The third kappa shape index (κ3) is 4.01. The van der Waals surface area contributed by atoms with E-state index in [1.165, 1.54) is 0 Å². The van der Waals surface area contributed by atoms with Gasteiger partial charge in [0.25, 0.3) is 0 Å². The van der Waals surface area contributed by atoms with Crippen molar-refractivity contribution in [2.24, 2.45) is 0 Å². The standard InChI is InChI=1S/C11H14BrNO2/c1-8-4-5-10(9(12)7-8)13-11(15)3-2-6-14/h4-5,7,14H,2-3,6H2,1H3,(H,13,15). The minimum atomic E-state index is -0.0754. The molecule has 0 aromatic heterocycles. The van der Waals surface area contributed by atoms with Crippen molar-refractivity contribution >= 4 is 27.5 Å². The van der Waals surface area contributed by atoms with Gasteiger partial charge in [0.1, 0.15) is 0 Å². The molecule has 15 heavy (non-hydrogen) atoms. The Morgan fingerprint density at radius 2 is 2.27 bits per heavy atom. The van der Waals surface area contributed by atoms with E-state index in [4.69, 9.17) is 5.11 Å². The van der Waals surface area contributed by atoms with Gasteiger partial charge in [0.15, 0.2) is 0 Å². The summed E-state index contributed by atoms with van der Waals surface area (Å²) in [7, 11) is 0. The molecule has 0 spiro atoms. The third-order valence-corrected chi connectivity index (χ3v) is 2.62. The van der Waals surface area contributed by atoms with Gasteiger partial charge < -0.3 is 10.4 Å². The molecule has 1 amide bonds. The fourth-order valence-corrected chi connectivity index (χ4v) is 1.77. The van der Waals surface area contributed by atoms with Gasteiger partial charge in [-0.05, 0) is 47.0 Å². The van der Waals surface area contributed by atoms with Crippen LogP contribution in [0.1, 0.15) is 18.4 Å². The Bertz CT molecular complexity index is 352. The normalized spacial score (nSPS) is 10.1. The average molecular weight is 272 g/mol. The molecule has 0 bridgehead atoms. The fourth-order valence-electron chi connectivity index (χ4n) is 1.17. The van der Waals surface area contributed by atoms with Crippen LogP contribution >= 0.6 is 15.9 Å². The maximum absolute atomic E-state index is 11.4. The Labute approximate surface area is 97.6 Å². The molecule has 0 radical (unpaired) electrons. The summed E-state index contributed by atoms with van der Waals surface area (Å²) in [6.45, 7) is 2.03. The zero-order valence-corrected chi connectivity index (χ0v) is 10.2. The van der Waals surface area contributed by atoms with Gasteiger partial charge in [-0.15, -0.1) is 0 Å². The summed E-state index contributed by atoms with van der Waals surface area (Å²) in [6.07, 6.45) is 0.839. The number of nitrogens with one attached hydrogen (secondary N) is 1. The number of aliphatic hydroxyl groups is 1. The van der Waals surface area contributed by atoms with Crippen molar-refractivity contribution in [1.29, 1.82) is 0 Å². The van der Waals surface area contributed by atoms with E-state index in [2.05, 4.69) is 21.2 Å². The highest BCUT2D eigenvalue weighted by atomic mass is 79.9. The molecule has 0 unspecified atom stereocenters. The van der Waals surface area contributed by atoms with E-state index in [1.807, 2.05) is 25.1 Å². The zero-order chi connectivity index (χ0) is 11.3. The Kier molecular flexibility index (Phi) is 4.78. The molecule has 0 saturated carbocycles. The second-order valence-corrected chi connectivity index (χ2v) is 4.21. The van der Waals surface area contributed by atoms with Crippen LogP contribution in [0.4, 0.5) is 5.69 Å². The zero-order valence-electron chi connectivity index (χ0n) is 8.59. The summed E-state index contributed by atoms with van der Waals surface area (Å²) < 4.78 is 0.875. The predicted molar refractivity (Wildman–Crippen MR) is 63.8 cm³/mol. The molecule has 1 aromatic carbocycles. The van der Waals surface area contributed by atoms with Gasteiger partial charge >= 0.3 is 0 Å². The average Bonchev–Trinajstić information content (AvgIpc) is 2.19. The van der Waals surface area contributed by atoms with Crippen molar-refractivity contribution in [2.45, 2.75) is 19.8 Å². The van der Waals surface area contributed by atoms with Crippen molar-refractivity contribution < 1.29 is 9.90 Å². The Morgan fingerprint density at radius 1 is 1.53 bits per heavy atom. The van der Waals surface area contributed by atoms with E-state index in [9.17, 15) is 4.79 Å². The van der Waals surface area contributed by atoms with Crippen molar-refractivity contribution in [3.8, 4) is 0 Å². The van der Waals surface area contributed by atoms with Gasteiger partial charge in [-0.3, -0.25) is 4.79 Å². The van der Waals surface area contributed by atoms with Gasteiger partial charge in [-0.2, -0.15) is 0 Å². The summed E-state index contributed by atoms with van der Waals surface area (Å²) in [6, 6.07) is 5.74. The molecule has 1 rings (SSSR count). The molecule has 0 aliphatic heterocycles. The number of anilines is 1. The van der Waals surface area contributed by atoms with E-state index >= 15 is 0 Å². The van der Waals surface area contributed by atoms with Crippen LogP contribution in [0.5, 0.6) is 0 Å². The maximum atomic E-state index is 11.4.